The molecule has 2 heterocycles. The lowest BCUT2D eigenvalue weighted by Crippen LogP contribution is -2.51. The molecule has 228 valence electrons. The van der Waals surface area contributed by atoms with Crippen molar-refractivity contribution in [2.75, 3.05) is 23.3 Å². The number of carbonyl (C=O) groups excluding carboxylic acids is 3. The number of hydrogen-bond donors (Lipinski definition) is 3. The Balaban J connectivity index is 0.000000730. The Morgan fingerprint density at radius 1 is 1.12 bits per heavy atom. The first-order valence-corrected chi connectivity index (χ1v) is 13.1. The molecule has 4 rings (SSSR count). The molecular formula is C28H31F6N5O3. The molecule has 14 heteroatoms. The highest BCUT2D eigenvalue weighted by Gasteiger charge is 2.38. The number of nitrogens with one attached hydrogen (secondary N) is 2. The molecule has 2 aliphatic heterocycles. The summed E-state index contributed by atoms with van der Waals surface area (Å²) in [5, 5.41) is 5.76. The van der Waals surface area contributed by atoms with Crippen LogP contribution in [-0.2, 0) is 14.4 Å². The van der Waals surface area contributed by atoms with Crippen molar-refractivity contribution in [3.05, 3.63) is 59.2 Å². The van der Waals surface area contributed by atoms with Crippen molar-refractivity contribution in [1.29, 1.82) is 0 Å². The van der Waals surface area contributed by atoms with Crippen LogP contribution in [0.1, 0.15) is 49.3 Å². The number of aryl methyl sites for hydroxylation is 1. The van der Waals surface area contributed by atoms with Gasteiger partial charge in [-0.3, -0.25) is 14.4 Å². The zero-order chi connectivity index (χ0) is 31.2. The van der Waals surface area contributed by atoms with E-state index in [4.69, 9.17) is 5.73 Å². The number of carbonyl (C=O) groups is 3. The summed E-state index contributed by atoms with van der Waals surface area (Å²) in [7, 11) is 0. The number of nitrogens with two attached hydrogens (primary N) is 1. The third kappa shape index (κ3) is 8.70. The highest BCUT2D eigenvalue weighted by Crippen LogP contribution is 2.37. The summed E-state index contributed by atoms with van der Waals surface area (Å²) in [6, 6.07) is 13.0. The summed E-state index contributed by atoms with van der Waals surface area (Å²) in [5.41, 5.74) is 9.35. The highest BCUT2D eigenvalue weighted by atomic mass is 19.4. The number of primary amides is 1. The highest BCUT2D eigenvalue weighted by molar-refractivity contribution is 6.22. The molecule has 0 saturated heterocycles. The molecule has 2 atom stereocenters. The van der Waals surface area contributed by atoms with Crippen LogP contribution in [0.2, 0.25) is 0 Å². The van der Waals surface area contributed by atoms with Gasteiger partial charge in [-0.05, 0) is 25.5 Å². The Labute approximate surface area is 238 Å². The number of benzene rings is 2. The van der Waals surface area contributed by atoms with E-state index in [1.54, 1.807) is 0 Å². The molecule has 2 unspecified atom stereocenters. The van der Waals surface area contributed by atoms with Gasteiger partial charge in [0.2, 0.25) is 18.0 Å². The van der Waals surface area contributed by atoms with Crippen LogP contribution < -0.4 is 21.3 Å². The third-order valence-electron chi connectivity index (χ3n) is 6.54. The third-order valence-corrected chi connectivity index (χ3v) is 6.54. The van der Waals surface area contributed by atoms with Crippen molar-refractivity contribution >= 4 is 34.8 Å². The van der Waals surface area contributed by atoms with Gasteiger partial charge in [0, 0.05) is 49.4 Å². The predicted molar refractivity (Wildman–Crippen MR) is 145 cm³/mol. The lowest BCUT2D eigenvalue weighted by atomic mass is 9.97. The van der Waals surface area contributed by atoms with Crippen molar-refractivity contribution in [2.24, 2.45) is 16.6 Å². The Hall–Kier alpha value is -4.10. The Morgan fingerprint density at radius 2 is 1.79 bits per heavy atom. The summed E-state index contributed by atoms with van der Waals surface area (Å²) in [4.78, 5) is 44.2. The van der Waals surface area contributed by atoms with Gasteiger partial charge < -0.3 is 21.3 Å². The summed E-state index contributed by atoms with van der Waals surface area (Å²) >= 11 is 0. The van der Waals surface area contributed by atoms with E-state index in [1.165, 1.54) is 4.90 Å². The number of nitrogens with zero attached hydrogens (tertiary/aromatic N) is 2. The van der Waals surface area contributed by atoms with Gasteiger partial charge in [-0.15, -0.1) is 0 Å². The van der Waals surface area contributed by atoms with Gasteiger partial charge in [-0.25, -0.2) is 4.99 Å². The van der Waals surface area contributed by atoms with Crippen LogP contribution in [0.5, 0.6) is 0 Å². The number of para-hydroxylation sites is 1. The maximum Gasteiger partial charge on any atom is 0.389 e. The summed E-state index contributed by atoms with van der Waals surface area (Å²) in [6.07, 6.45) is -13.1. The molecule has 0 radical (unpaired) electrons. The fourth-order valence-corrected chi connectivity index (χ4v) is 4.48. The van der Waals surface area contributed by atoms with Crippen LogP contribution in [0, 0.1) is 12.8 Å². The molecule has 0 aliphatic carbocycles. The monoisotopic (exact) mass is 599 g/mol. The second-order valence-corrected chi connectivity index (χ2v) is 9.87. The molecule has 0 aromatic heterocycles. The van der Waals surface area contributed by atoms with Gasteiger partial charge in [0.25, 0.3) is 5.91 Å². The minimum absolute atomic E-state index is 0.310. The molecule has 2 aromatic carbocycles. The van der Waals surface area contributed by atoms with Gasteiger partial charge >= 0.3 is 12.4 Å². The predicted octanol–water partition coefficient (Wildman–Crippen LogP) is 4.84. The number of aliphatic imine (C=N–C) groups is 1. The topological polar surface area (TPSA) is 117 Å². The van der Waals surface area contributed by atoms with Crippen LogP contribution in [0.15, 0.2) is 47.5 Å². The van der Waals surface area contributed by atoms with E-state index < -0.39 is 67.8 Å². The molecule has 0 bridgehead atoms. The minimum Gasteiger partial charge on any atom is -0.382 e. The first-order valence-electron chi connectivity index (χ1n) is 13.1. The fraction of sp³-hybridized carbons (Fsp3) is 0.429. The van der Waals surface area contributed by atoms with E-state index in [1.807, 2.05) is 49.4 Å². The number of rotatable bonds is 7. The molecule has 3 amide bonds. The van der Waals surface area contributed by atoms with Crippen molar-refractivity contribution < 1.29 is 40.7 Å². The normalized spacial score (nSPS) is 17.0. The van der Waals surface area contributed by atoms with Gasteiger partial charge in [-0.2, -0.15) is 26.3 Å². The Kier molecular flexibility index (Phi) is 10.2. The molecule has 8 nitrogen and oxygen atoms in total. The van der Waals surface area contributed by atoms with Crippen LogP contribution in [0.3, 0.4) is 0 Å². The van der Waals surface area contributed by atoms with Gasteiger partial charge in [0.1, 0.15) is 0 Å². The van der Waals surface area contributed by atoms with Crippen LogP contribution in [-0.4, -0.2) is 55.0 Å². The Bertz CT molecular complexity index is 1340. The quantitative estimate of drug-likeness (QED) is 0.395. The van der Waals surface area contributed by atoms with Crippen molar-refractivity contribution in [3.8, 4) is 0 Å². The van der Waals surface area contributed by atoms with Gasteiger partial charge in [-0.1, -0.05) is 42.8 Å². The average Bonchev–Trinajstić information content (AvgIpc) is 3.02. The molecule has 2 aliphatic rings. The van der Waals surface area contributed by atoms with E-state index in [9.17, 15) is 40.7 Å². The van der Waals surface area contributed by atoms with Crippen LogP contribution in [0.4, 0.5) is 37.7 Å². The van der Waals surface area contributed by atoms with Crippen LogP contribution >= 0.6 is 0 Å². The standard InChI is InChI=1S/C25H26F3N5O3.C3H5F3/c1-14-4-2-5-15(12-14)20-17-6-3-7-18-21(17)33(11-10-30-18)24(36)22(31-20)32-23(35)16(13-19(29)34)8-9-25(26,27)28;1-2-3(4,5)6/h2-7,12,16,22,30H,8-11,13H2,1H3,(H2,29,34)(H,32,35);2H2,1H3. The van der Waals surface area contributed by atoms with Crippen molar-refractivity contribution in [2.45, 2.75) is 58.0 Å². The Morgan fingerprint density at radius 3 is 2.38 bits per heavy atom. The van der Waals surface area contributed by atoms with Gasteiger partial charge in [0.05, 0.1) is 17.1 Å². The lowest BCUT2D eigenvalue weighted by molar-refractivity contribution is -0.143. The molecule has 0 fully saturated rings. The van der Waals surface area contributed by atoms with E-state index >= 15 is 0 Å². The lowest BCUT2D eigenvalue weighted by Gasteiger charge is -2.32. The maximum absolute atomic E-state index is 13.6. The number of hydrogen-bond acceptors (Lipinski definition) is 5. The zero-order valence-corrected chi connectivity index (χ0v) is 22.9. The number of anilines is 2. The van der Waals surface area contributed by atoms with Crippen molar-refractivity contribution in [3.63, 3.8) is 0 Å². The number of amides is 3. The second-order valence-electron chi connectivity index (χ2n) is 9.87. The van der Waals surface area contributed by atoms with Crippen molar-refractivity contribution in [1.82, 2.24) is 5.32 Å². The summed E-state index contributed by atoms with van der Waals surface area (Å²) < 4.78 is 70.8. The number of alkyl halides is 6. The van der Waals surface area contributed by atoms with E-state index in [-0.39, 0.29) is 0 Å². The first-order chi connectivity index (χ1) is 19.6. The van der Waals surface area contributed by atoms with E-state index in [2.05, 4.69) is 15.6 Å². The fourth-order valence-electron chi connectivity index (χ4n) is 4.48. The molecule has 2 aromatic rings. The van der Waals surface area contributed by atoms with Crippen LogP contribution in [0.25, 0.3) is 0 Å². The SMILES string of the molecule is CCC(F)(F)F.Cc1cccc(C2=NC(NC(=O)C(CCC(F)(F)F)CC(N)=O)C(=O)N3CCNc4cccc2c43)c1. The van der Waals surface area contributed by atoms with Gasteiger partial charge in [0.15, 0.2) is 0 Å². The van der Waals surface area contributed by atoms with E-state index in [0.717, 1.165) is 18.2 Å². The smallest absolute Gasteiger partial charge is 0.382 e. The summed E-state index contributed by atoms with van der Waals surface area (Å²) in [5.74, 6) is -3.66. The largest absolute Gasteiger partial charge is 0.389 e. The number of halogens is 6. The average molecular weight is 600 g/mol. The molecule has 0 spiro atoms. The summed E-state index contributed by atoms with van der Waals surface area (Å²) in [6.45, 7) is 3.78. The molecular weight excluding hydrogens is 568 g/mol. The molecule has 4 N–H and O–H groups in total. The maximum atomic E-state index is 13.6. The second kappa shape index (κ2) is 13.3. The first kappa shape index (κ1) is 32.4. The zero-order valence-electron chi connectivity index (χ0n) is 22.9. The minimum atomic E-state index is -4.51. The molecule has 42 heavy (non-hydrogen) atoms. The van der Waals surface area contributed by atoms with E-state index in [0.29, 0.717) is 35.6 Å². The molecule has 0 saturated carbocycles.